The van der Waals surface area contributed by atoms with Crippen molar-refractivity contribution in [2.75, 3.05) is 19.6 Å². The third-order valence-electron chi connectivity index (χ3n) is 3.99. The third kappa shape index (κ3) is 2.92. The number of imidazole rings is 1. The second-order valence-electron chi connectivity index (χ2n) is 5.53. The maximum Gasteiger partial charge on any atom is 0.249 e. The average molecular weight is 378 g/mol. The van der Waals surface area contributed by atoms with Crippen LogP contribution in [-0.2, 0) is 17.1 Å². The number of hydrogen-bond acceptors (Lipinski definition) is 4. The molecule has 1 fully saturated rings. The van der Waals surface area contributed by atoms with Crippen LogP contribution in [0.4, 0.5) is 17.6 Å². The minimum Gasteiger partial charge on any atom is -0.337 e. The average Bonchev–Trinajstić information content (AvgIpc) is 2.99. The Bertz CT molecular complexity index is 890. The molecule has 1 saturated heterocycles. The number of nitrogens with zero attached hydrogens (tertiary/aromatic N) is 3. The maximum absolute atomic E-state index is 14.0. The molecule has 0 spiro atoms. The number of piperazine rings is 1. The van der Waals surface area contributed by atoms with Crippen molar-refractivity contribution in [1.29, 1.82) is 0 Å². The highest BCUT2D eigenvalue weighted by Gasteiger charge is 2.41. The lowest BCUT2D eigenvalue weighted by Gasteiger charge is -2.34. The first-order valence-corrected chi connectivity index (χ1v) is 8.72. The molecule has 0 amide bonds. The molecule has 11 heteroatoms. The Hall–Kier alpha value is -1.98. The summed E-state index contributed by atoms with van der Waals surface area (Å²) in [6.07, 6.45) is 3.02. The Kier molecular flexibility index (Phi) is 4.56. The Labute approximate surface area is 141 Å². The van der Waals surface area contributed by atoms with Gasteiger partial charge in [-0.15, -0.1) is 0 Å². The van der Waals surface area contributed by atoms with Gasteiger partial charge in [0.2, 0.25) is 10.0 Å². The van der Waals surface area contributed by atoms with Crippen molar-refractivity contribution in [3.63, 3.8) is 0 Å². The zero-order valence-electron chi connectivity index (χ0n) is 13.0. The number of halogens is 4. The van der Waals surface area contributed by atoms with E-state index < -0.39 is 44.2 Å². The van der Waals surface area contributed by atoms with Crippen molar-refractivity contribution in [3.05, 3.63) is 47.6 Å². The van der Waals surface area contributed by atoms with Crippen molar-refractivity contribution in [2.45, 2.75) is 10.9 Å². The summed E-state index contributed by atoms with van der Waals surface area (Å²) in [6.45, 7) is 0.198. The molecular weight excluding hydrogens is 364 g/mol. The molecule has 3 rings (SSSR count). The standard InChI is InChI=1S/C14H14F4N4O2S/c1-21-4-3-20-14(21)10-7-19-2-5-22(10)25(23,24)13-11(17)8(15)6-9(16)12(13)18/h3-4,6,10,19H,2,5,7H2,1H3. The van der Waals surface area contributed by atoms with Gasteiger partial charge in [-0.25, -0.2) is 31.0 Å². The maximum atomic E-state index is 14.0. The Balaban J connectivity index is 2.15. The molecule has 2 heterocycles. The quantitative estimate of drug-likeness (QED) is 0.646. The van der Waals surface area contributed by atoms with Gasteiger partial charge < -0.3 is 9.88 Å². The summed E-state index contributed by atoms with van der Waals surface area (Å²) in [4.78, 5) is 2.42. The Morgan fingerprint density at radius 3 is 2.40 bits per heavy atom. The summed E-state index contributed by atoms with van der Waals surface area (Å²) in [6, 6.07) is -0.915. The van der Waals surface area contributed by atoms with E-state index >= 15 is 0 Å². The van der Waals surface area contributed by atoms with Gasteiger partial charge in [-0.05, 0) is 0 Å². The number of aromatic nitrogens is 2. The van der Waals surface area contributed by atoms with Crippen LogP contribution >= 0.6 is 0 Å². The lowest BCUT2D eigenvalue weighted by atomic mass is 10.2. The highest BCUT2D eigenvalue weighted by Crippen LogP contribution is 2.32. The van der Waals surface area contributed by atoms with E-state index in [0.29, 0.717) is 5.82 Å². The molecule has 136 valence electrons. The van der Waals surface area contributed by atoms with Gasteiger partial charge in [-0.3, -0.25) is 0 Å². The summed E-state index contributed by atoms with van der Waals surface area (Å²) in [5.74, 6) is -7.12. The van der Waals surface area contributed by atoms with Crippen molar-refractivity contribution in [1.82, 2.24) is 19.2 Å². The monoisotopic (exact) mass is 378 g/mol. The minimum atomic E-state index is -4.85. The number of rotatable bonds is 3. The first-order valence-electron chi connectivity index (χ1n) is 7.28. The molecule has 0 bridgehead atoms. The predicted molar refractivity (Wildman–Crippen MR) is 79.0 cm³/mol. The Morgan fingerprint density at radius 2 is 1.84 bits per heavy atom. The molecule has 1 N–H and O–H groups in total. The SMILES string of the molecule is Cn1ccnc1C1CNCCN1S(=O)(=O)c1c(F)c(F)cc(F)c1F. The third-order valence-corrected chi connectivity index (χ3v) is 5.92. The lowest BCUT2D eigenvalue weighted by Crippen LogP contribution is -2.49. The molecule has 1 aliphatic heterocycles. The number of sulfonamides is 1. The van der Waals surface area contributed by atoms with Gasteiger partial charge in [-0.2, -0.15) is 4.31 Å². The molecule has 1 aliphatic rings. The van der Waals surface area contributed by atoms with Crippen LogP contribution in [0.15, 0.2) is 23.4 Å². The van der Waals surface area contributed by atoms with E-state index in [1.165, 1.54) is 6.20 Å². The molecule has 0 radical (unpaired) electrons. The molecule has 1 unspecified atom stereocenters. The van der Waals surface area contributed by atoms with Gasteiger partial charge in [0.25, 0.3) is 0 Å². The summed E-state index contributed by atoms with van der Waals surface area (Å²) in [7, 11) is -3.22. The van der Waals surface area contributed by atoms with Crippen LogP contribution in [0.2, 0.25) is 0 Å². The number of aryl methyl sites for hydroxylation is 1. The molecule has 6 nitrogen and oxygen atoms in total. The van der Waals surface area contributed by atoms with Crippen molar-refractivity contribution in [3.8, 4) is 0 Å². The minimum absolute atomic E-state index is 0.0301. The van der Waals surface area contributed by atoms with Gasteiger partial charge in [0.1, 0.15) is 5.82 Å². The normalized spacial score (nSPS) is 19.3. The highest BCUT2D eigenvalue weighted by molar-refractivity contribution is 7.89. The number of nitrogens with one attached hydrogen (secondary N) is 1. The molecule has 2 aromatic rings. The molecule has 1 aromatic heterocycles. The van der Waals surface area contributed by atoms with E-state index in [9.17, 15) is 26.0 Å². The van der Waals surface area contributed by atoms with Crippen LogP contribution in [0.3, 0.4) is 0 Å². The van der Waals surface area contributed by atoms with Crippen LogP contribution in [0.25, 0.3) is 0 Å². The zero-order chi connectivity index (χ0) is 18.4. The number of hydrogen-bond donors (Lipinski definition) is 1. The van der Waals surface area contributed by atoms with E-state index in [-0.39, 0.29) is 25.7 Å². The van der Waals surface area contributed by atoms with Crippen molar-refractivity contribution < 1.29 is 26.0 Å². The summed E-state index contributed by atoms with van der Waals surface area (Å²) < 4.78 is 82.9. The summed E-state index contributed by atoms with van der Waals surface area (Å²) >= 11 is 0. The van der Waals surface area contributed by atoms with Gasteiger partial charge >= 0.3 is 0 Å². The fraction of sp³-hybridized carbons (Fsp3) is 0.357. The van der Waals surface area contributed by atoms with E-state index in [4.69, 9.17) is 0 Å². The smallest absolute Gasteiger partial charge is 0.249 e. The van der Waals surface area contributed by atoms with Crippen LogP contribution in [-0.4, -0.2) is 41.9 Å². The van der Waals surface area contributed by atoms with Gasteiger partial charge in [0.05, 0.1) is 6.04 Å². The van der Waals surface area contributed by atoms with Gasteiger partial charge in [0, 0.05) is 45.1 Å². The fourth-order valence-corrected chi connectivity index (χ4v) is 4.50. The molecule has 1 aromatic carbocycles. The van der Waals surface area contributed by atoms with E-state index in [0.717, 1.165) is 4.31 Å². The second kappa shape index (κ2) is 6.39. The van der Waals surface area contributed by atoms with E-state index in [1.807, 2.05) is 0 Å². The van der Waals surface area contributed by atoms with Gasteiger partial charge in [-0.1, -0.05) is 0 Å². The second-order valence-corrected chi connectivity index (χ2v) is 7.36. The molecular formula is C14H14F4N4O2S. The van der Waals surface area contributed by atoms with Crippen molar-refractivity contribution >= 4 is 10.0 Å². The lowest BCUT2D eigenvalue weighted by molar-refractivity contribution is 0.255. The highest BCUT2D eigenvalue weighted by atomic mass is 32.2. The first kappa shape index (κ1) is 17.8. The topological polar surface area (TPSA) is 67.2 Å². The Morgan fingerprint density at radius 1 is 1.20 bits per heavy atom. The van der Waals surface area contributed by atoms with Crippen LogP contribution in [0.5, 0.6) is 0 Å². The number of benzene rings is 1. The van der Waals surface area contributed by atoms with Crippen LogP contribution in [0, 0.1) is 23.3 Å². The zero-order valence-corrected chi connectivity index (χ0v) is 13.8. The predicted octanol–water partition coefficient (Wildman–Crippen LogP) is 1.31. The molecule has 1 atom stereocenters. The summed E-state index contributed by atoms with van der Waals surface area (Å²) in [5.41, 5.74) is 0. The summed E-state index contributed by atoms with van der Waals surface area (Å²) in [5, 5.41) is 2.96. The van der Waals surface area contributed by atoms with Gasteiger partial charge in [0.15, 0.2) is 28.2 Å². The van der Waals surface area contributed by atoms with E-state index in [2.05, 4.69) is 10.3 Å². The molecule has 0 saturated carbocycles. The molecule has 25 heavy (non-hydrogen) atoms. The molecule has 0 aliphatic carbocycles. The van der Waals surface area contributed by atoms with Crippen molar-refractivity contribution in [2.24, 2.45) is 7.05 Å². The van der Waals surface area contributed by atoms with Crippen LogP contribution < -0.4 is 5.32 Å². The largest absolute Gasteiger partial charge is 0.337 e. The van der Waals surface area contributed by atoms with E-state index in [1.54, 1.807) is 17.8 Å². The first-order chi connectivity index (χ1) is 11.7. The fourth-order valence-electron chi connectivity index (χ4n) is 2.79. The van der Waals surface area contributed by atoms with Crippen LogP contribution in [0.1, 0.15) is 11.9 Å².